The van der Waals surface area contributed by atoms with Crippen LogP contribution in [0, 0.1) is 5.82 Å². The van der Waals surface area contributed by atoms with Crippen molar-refractivity contribution in [3.63, 3.8) is 0 Å². The Balaban J connectivity index is 2.27. The topological polar surface area (TPSA) is 118 Å². The van der Waals surface area contributed by atoms with Gasteiger partial charge in [0.15, 0.2) is 0 Å². The van der Waals surface area contributed by atoms with E-state index in [2.05, 4.69) is 10.6 Å². The molecule has 0 spiro atoms. The minimum atomic E-state index is -4.10. The molecule has 1 fully saturated rings. The lowest BCUT2D eigenvalue weighted by molar-refractivity contribution is -0.122. The van der Waals surface area contributed by atoms with E-state index in [1.165, 1.54) is 0 Å². The average Bonchev–Trinajstić information content (AvgIpc) is 2.74. The van der Waals surface area contributed by atoms with Gasteiger partial charge in [-0.25, -0.2) is 17.9 Å². The number of benzene rings is 1. The van der Waals surface area contributed by atoms with E-state index < -0.39 is 32.7 Å². The van der Waals surface area contributed by atoms with Gasteiger partial charge in [-0.15, -0.1) is 0 Å². The first kappa shape index (κ1) is 14.4. The zero-order valence-electron chi connectivity index (χ0n) is 10.2. The second kappa shape index (κ2) is 5.17. The Hall–Kier alpha value is -2.00. The summed E-state index contributed by atoms with van der Waals surface area (Å²) in [4.78, 5) is 22.5. The van der Waals surface area contributed by atoms with E-state index in [1.807, 2.05) is 0 Å². The van der Waals surface area contributed by atoms with Gasteiger partial charge in [0.2, 0.25) is 21.8 Å². The standard InChI is InChI=1S/C11H12FN3O4S/c12-6-1-3-9(20(13,18)19)8(5-6)15-11(17)7-2-4-10(16)14-7/h1,3,5,7H,2,4H2,(H,14,16)(H,15,17)(H2,13,18,19). The number of primary sulfonamides is 1. The third kappa shape index (κ3) is 3.11. The third-order valence-electron chi connectivity index (χ3n) is 2.82. The van der Waals surface area contributed by atoms with Crippen molar-refractivity contribution in [1.29, 1.82) is 0 Å². The van der Waals surface area contributed by atoms with E-state index in [1.54, 1.807) is 0 Å². The Morgan fingerprint density at radius 3 is 2.70 bits per heavy atom. The molecule has 1 aliphatic heterocycles. The first-order chi connectivity index (χ1) is 9.27. The van der Waals surface area contributed by atoms with Crippen molar-refractivity contribution in [2.24, 2.45) is 5.14 Å². The van der Waals surface area contributed by atoms with E-state index in [4.69, 9.17) is 5.14 Å². The smallest absolute Gasteiger partial charge is 0.246 e. The maximum absolute atomic E-state index is 13.2. The molecule has 7 nitrogen and oxygen atoms in total. The molecule has 1 heterocycles. The predicted octanol–water partition coefficient (Wildman–Crippen LogP) is -0.310. The van der Waals surface area contributed by atoms with Crippen molar-refractivity contribution in [1.82, 2.24) is 5.32 Å². The molecule has 1 aromatic carbocycles. The van der Waals surface area contributed by atoms with Crippen LogP contribution in [0.5, 0.6) is 0 Å². The number of sulfonamides is 1. The van der Waals surface area contributed by atoms with Crippen LogP contribution >= 0.6 is 0 Å². The molecule has 0 saturated carbocycles. The lowest BCUT2D eigenvalue weighted by atomic mass is 10.2. The number of anilines is 1. The summed E-state index contributed by atoms with van der Waals surface area (Å²) in [6.45, 7) is 0. The number of amides is 2. The van der Waals surface area contributed by atoms with Crippen LogP contribution in [0.15, 0.2) is 23.1 Å². The zero-order chi connectivity index (χ0) is 14.9. The number of carbonyl (C=O) groups is 2. The molecule has 1 unspecified atom stereocenters. The monoisotopic (exact) mass is 301 g/mol. The molecule has 20 heavy (non-hydrogen) atoms. The van der Waals surface area contributed by atoms with Crippen LogP contribution in [0.3, 0.4) is 0 Å². The number of rotatable bonds is 3. The summed E-state index contributed by atoms with van der Waals surface area (Å²) < 4.78 is 35.9. The summed E-state index contributed by atoms with van der Waals surface area (Å²) in [5.41, 5.74) is -0.251. The highest BCUT2D eigenvalue weighted by molar-refractivity contribution is 7.89. The number of nitrogens with two attached hydrogens (primary N) is 1. The van der Waals surface area contributed by atoms with E-state index >= 15 is 0 Å². The van der Waals surface area contributed by atoms with E-state index in [9.17, 15) is 22.4 Å². The molecule has 0 aromatic heterocycles. The SMILES string of the molecule is NS(=O)(=O)c1ccc(F)cc1NC(=O)C1CCC(=O)N1. The van der Waals surface area contributed by atoms with Gasteiger partial charge in [0, 0.05) is 6.42 Å². The molecule has 1 aromatic rings. The Morgan fingerprint density at radius 1 is 1.45 bits per heavy atom. The van der Waals surface area contributed by atoms with Crippen molar-refractivity contribution in [3.8, 4) is 0 Å². The molecule has 9 heteroatoms. The van der Waals surface area contributed by atoms with Crippen LogP contribution in [0.4, 0.5) is 10.1 Å². The van der Waals surface area contributed by atoms with Crippen LogP contribution in [-0.2, 0) is 19.6 Å². The quantitative estimate of drug-likeness (QED) is 0.709. The Morgan fingerprint density at radius 2 is 2.15 bits per heavy atom. The van der Waals surface area contributed by atoms with Crippen molar-refractivity contribution in [2.75, 3.05) is 5.32 Å². The summed E-state index contributed by atoms with van der Waals surface area (Å²) in [7, 11) is -4.10. The van der Waals surface area contributed by atoms with Gasteiger partial charge in [-0.2, -0.15) is 0 Å². The van der Waals surface area contributed by atoms with Crippen molar-refractivity contribution in [2.45, 2.75) is 23.8 Å². The molecule has 0 radical (unpaired) electrons. The molecule has 108 valence electrons. The summed E-state index contributed by atoms with van der Waals surface area (Å²) in [5.74, 6) is -1.61. The van der Waals surface area contributed by atoms with Gasteiger partial charge in [-0.1, -0.05) is 0 Å². The van der Waals surface area contributed by atoms with E-state index in [0.717, 1.165) is 18.2 Å². The Labute approximate surface area is 114 Å². The second-order valence-corrected chi connectivity index (χ2v) is 5.86. The lowest BCUT2D eigenvalue weighted by Gasteiger charge is -2.13. The van der Waals surface area contributed by atoms with Crippen molar-refractivity contribution < 1.29 is 22.4 Å². The number of carbonyl (C=O) groups excluding carboxylic acids is 2. The van der Waals surface area contributed by atoms with Gasteiger partial charge in [0.05, 0.1) is 5.69 Å². The maximum atomic E-state index is 13.2. The Bertz CT molecular complexity index is 674. The highest BCUT2D eigenvalue weighted by Crippen LogP contribution is 2.22. The summed E-state index contributed by atoms with van der Waals surface area (Å²) in [6.07, 6.45) is 0.508. The highest BCUT2D eigenvalue weighted by Gasteiger charge is 2.28. The molecule has 2 amide bonds. The maximum Gasteiger partial charge on any atom is 0.246 e. The normalized spacial score (nSPS) is 18.7. The lowest BCUT2D eigenvalue weighted by Crippen LogP contribution is -2.37. The van der Waals surface area contributed by atoms with E-state index in [-0.39, 0.29) is 18.0 Å². The number of nitrogens with one attached hydrogen (secondary N) is 2. The van der Waals surface area contributed by atoms with E-state index in [0.29, 0.717) is 6.42 Å². The largest absolute Gasteiger partial charge is 0.344 e. The minimum absolute atomic E-state index is 0.212. The fourth-order valence-corrected chi connectivity index (χ4v) is 2.55. The number of hydrogen-bond acceptors (Lipinski definition) is 4. The number of hydrogen-bond donors (Lipinski definition) is 3. The minimum Gasteiger partial charge on any atom is -0.344 e. The second-order valence-electron chi connectivity index (χ2n) is 4.33. The van der Waals surface area contributed by atoms with Gasteiger partial charge in [0.25, 0.3) is 0 Å². The first-order valence-electron chi connectivity index (χ1n) is 5.70. The molecule has 2 rings (SSSR count). The van der Waals surface area contributed by atoms with Gasteiger partial charge in [0.1, 0.15) is 16.8 Å². The average molecular weight is 301 g/mol. The molecular formula is C11H12FN3O4S. The van der Waals surface area contributed by atoms with Crippen LogP contribution < -0.4 is 15.8 Å². The molecular weight excluding hydrogens is 289 g/mol. The summed E-state index contributed by atoms with van der Waals surface area (Å²) in [5, 5.41) is 9.68. The van der Waals surface area contributed by atoms with Crippen LogP contribution in [0.2, 0.25) is 0 Å². The first-order valence-corrected chi connectivity index (χ1v) is 7.24. The molecule has 1 atom stereocenters. The third-order valence-corrected chi connectivity index (χ3v) is 3.79. The predicted molar refractivity (Wildman–Crippen MR) is 67.6 cm³/mol. The van der Waals surface area contributed by atoms with Crippen LogP contribution in [0.25, 0.3) is 0 Å². The Kier molecular flexibility index (Phi) is 3.73. The van der Waals surface area contributed by atoms with Crippen molar-refractivity contribution in [3.05, 3.63) is 24.0 Å². The van der Waals surface area contributed by atoms with Crippen LogP contribution in [0.1, 0.15) is 12.8 Å². The molecule has 4 N–H and O–H groups in total. The number of halogens is 1. The van der Waals surface area contributed by atoms with Crippen molar-refractivity contribution >= 4 is 27.5 Å². The zero-order valence-corrected chi connectivity index (χ0v) is 11.0. The van der Waals surface area contributed by atoms with Gasteiger partial charge in [-0.05, 0) is 24.6 Å². The summed E-state index contributed by atoms with van der Waals surface area (Å²) >= 11 is 0. The fraction of sp³-hybridized carbons (Fsp3) is 0.273. The highest BCUT2D eigenvalue weighted by atomic mass is 32.2. The van der Waals surface area contributed by atoms with Crippen LogP contribution in [-0.4, -0.2) is 26.3 Å². The molecule has 1 aliphatic rings. The fourth-order valence-electron chi connectivity index (χ4n) is 1.88. The molecule has 0 aliphatic carbocycles. The molecule has 1 saturated heterocycles. The van der Waals surface area contributed by atoms with Gasteiger partial charge in [-0.3, -0.25) is 9.59 Å². The van der Waals surface area contributed by atoms with Gasteiger partial charge < -0.3 is 10.6 Å². The summed E-state index contributed by atoms with van der Waals surface area (Å²) in [6, 6.07) is 1.98. The molecule has 0 bridgehead atoms. The van der Waals surface area contributed by atoms with Gasteiger partial charge >= 0.3 is 0 Å².